The number of fused-ring (bicyclic) bond motifs is 5. The molecule has 1 N–H and O–H groups in total. The minimum atomic E-state index is -0.114. The van der Waals surface area contributed by atoms with E-state index in [-0.39, 0.29) is 17.7 Å². The highest BCUT2D eigenvalue weighted by Crippen LogP contribution is 2.44. The van der Waals surface area contributed by atoms with Crippen LogP contribution in [-0.4, -0.2) is 31.3 Å². The van der Waals surface area contributed by atoms with E-state index in [1.165, 1.54) is 10.4 Å². The Morgan fingerprint density at radius 2 is 2.03 bits per heavy atom. The highest BCUT2D eigenvalue weighted by atomic mass is 32.1. The van der Waals surface area contributed by atoms with Gasteiger partial charge in [-0.25, -0.2) is 14.5 Å². The Morgan fingerprint density at radius 3 is 2.83 bits per heavy atom. The first kappa shape index (κ1) is 19.1. The molecule has 0 amide bonds. The van der Waals surface area contributed by atoms with E-state index in [1.807, 2.05) is 30.3 Å². The average Bonchev–Trinajstić information content (AvgIpc) is 3.26. The first-order valence-corrected chi connectivity index (χ1v) is 10.8. The van der Waals surface area contributed by atoms with Gasteiger partial charge in [0.25, 0.3) is 0 Å². The van der Waals surface area contributed by atoms with Crippen molar-refractivity contribution in [2.75, 3.05) is 0 Å². The quantitative estimate of drug-likeness (QED) is 0.398. The molecule has 0 spiro atoms. The Hall–Kier alpha value is -2.84. The maximum Gasteiger partial charge on any atom is 0.192 e. The molecule has 3 aromatic heterocycles. The number of rotatable bonds is 4. The van der Waals surface area contributed by atoms with Gasteiger partial charge in [-0.15, -0.1) is 16.4 Å². The van der Waals surface area contributed by atoms with Crippen LogP contribution in [0.1, 0.15) is 49.5 Å². The van der Waals surface area contributed by atoms with Crippen LogP contribution in [0.5, 0.6) is 0 Å². The number of aromatic nitrogens is 4. The first-order chi connectivity index (χ1) is 14.3. The molecule has 1 aliphatic rings. The third-order valence-electron chi connectivity index (χ3n) is 5.28. The third kappa shape index (κ3) is 3.36. The summed E-state index contributed by atoms with van der Waals surface area (Å²) in [4.78, 5) is 17.2. The summed E-state index contributed by atoms with van der Waals surface area (Å²) in [5, 5.41) is 13.4. The van der Waals surface area contributed by atoms with Crippen LogP contribution in [-0.2, 0) is 23.4 Å². The van der Waals surface area contributed by atoms with E-state index in [9.17, 15) is 0 Å². The van der Waals surface area contributed by atoms with E-state index in [0.29, 0.717) is 5.82 Å². The summed E-state index contributed by atoms with van der Waals surface area (Å²) < 4.78 is 1.75. The number of benzene rings is 1. The molecule has 0 radical (unpaired) electrons. The van der Waals surface area contributed by atoms with Crippen LogP contribution in [0.3, 0.4) is 0 Å². The van der Waals surface area contributed by atoms with E-state index in [4.69, 9.17) is 9.82 Å². The lowest BCUT2D eigenvalue weighted by Crippen LogP contribution is -2.54. The topological polar surface area (TPSA) is 76.7 Å². The van der Waals surface area contributed by atoms with Crippen LogP contribution < -0.4 is 5.32 Å². The molecule has 0 aliphatic carbocycles. The Kier molecular flexibility index (Phi) is 4.37. The fourth-order valence-electron chi connectivity index (χ4n) is 4.35. The molecule has 154 valence electrons. The molecule has 30 heavy (non-hydrogen) atoms. The highest BCUT2D eigenvalue weighted by Gasteiger charge is 2.39. The maximum absolute atomic E-state index is 5.43. The second kappa shape index (κ2) is 6.85. The number of hydrogen-bond donors (Lipinski definition) is 1. The fraction of sp³-hybridized carbons (Fsp3) is 0.364. The highest BCUT2D eigenvalue weighted by molar-refractivity contribution is 7.19. The zero-order valence-electron chi connectivity index (χ0n) is 17.5. The summed E-state index contributed by atoms with van der Waals surface area (Å²) in [6, 6.07) is 9.83. The number of nitrogens with zero attached hydrogens (tertiary/aromatic N) is 5. The number of oxime groups is 1. The minimum absolute atomic E-state index is 0.00451. The average molecular weight is 421 g/mol. The molecule has 1 aliphatic heterocycles. The summed E-state index contributed by atoms with van der Waals surface area (Å²) in [6.07, 6.45) is 4.34. The van der Waals surface area contributed by atoms with Crippen molar-refractivity contribution in [1.82, 2.24) is 24.9 Å². The predicted octanol–water partition coefficient (Wildman–Crippen LogP) is 4.05. The Bertz CT molecular complexity index is 1260. The summed E-state index contributed by atoms with van der Waals surface area (Å²) in [5.41, 5.74) is 3.02. The van der Waals surface area contributed by atoms with Crippen molar-refractivity contribution in [3.8, 4) is 0 Å². The molecule has 0 atom stereocenters. The Labute approximate surface area is 178 Å². The van der Waals surface area contributed by atoms with Crippen molar-refractivity contribution in [3.05, 3.63) is 58.5 Å². The first-order valence-electron chi connectivity index (χ1n) is 9.98. The largest absolute Gasteiger partial charge is 0.387 e. The van der Waals surface area contributed by atoms with Gasteiger partial charge in [-0.05, 0) is 45.2 Å². The van der Waals surface area contributed by atoms with Crippen LogP contribution in [0.4, 0.5) is 0 Å². The summed E-state index contributed by atoms with van der Waals surface area (Å²) in [5.74, 6) is 0.585. The normalized spacial score (nSPS) is 17.6. The molecule has 5 rings (SSSR count). The van der Waals surface area contributed by atoms with Crippen molar-refractivity contribution in [2.45, 2.75) is 51.8 Å². The lowest BCUT2D eigenvalue weighted by Gasteiger charge is -2.42. The van der Waals surface area contributed by atoms with E-state index in [1.54, 1.807) is 28.4 Å². The molecule has 0 bridgehead atoms. The smallest absolute Gasteiger partial charge is 0.192 e. The molecule has 0 fully saturated rings. The van der Waals surface area contributed by atoms with Crippen molar-refractivity contribution in [2.24, 2.45) is 5.16 Å². The molecular weight excluding hydrogens is 396 g/mol. The number of thiophene rings is 1. The van der Waals surface area contributed by atoms with E-state index < -0.39 is 0 Å². The standard InChI is InChI=1S/C22H24N6OS/c1-21(2)10-15-17-19-25-16(12-29-24-11-14-8-6-5-7-9-14)26-28(19)13-23-20(17)30-18(15)22(3,4)27-21/h5-9,11,13,27H,10,12H2,1-4H3/b24-11-. The van der Waals surface area contributed by atoms with E-state index in [0.717, 1.165) is 27.8 Å². The molecule has 7 nitrogen and oxygen atoms in total. The lowest BCUT2D eigenvalue weighted by atomic mass is 9.82. The summed E-state index contributed by atoms with van der Waals surface area (Å²) in [7, 11) is 0. The molecule has 4 heterocycles. The minimum Gasteiger partial charge on any atom is -0.387 e. The second-order valence-corrected chi connectivity index (χ2v) is 9.86. The number of nitrogens with one attached hydrogen (secondary N) is 1. The van der Waals surface area contributed by atoms with E-state index in [2.05, 4.69) is 48.3 Å². The lowest BCUT2D eigenvalue weighted by molar-refractivity contribution is 0.126. The van der Waals surface area contributed by atoms with Crippen molar-refractivity contribution in [1.29, 1.82) is 0 Å². The van der Waals surface area contributed by atoms with Gasteiger partial charge < -0.3 is 10.2 Å². The molecular formula is C22H24N6OS. The molecule has 1 aromatic carbocycles. The van der Waals surface area contributed by atoms with E-state index >= 15 is 0 Å². The Balaban J connectivity index is 1.48. The van der Waals surface area contributed by atoms with Gasteiger partial charge in [-0.2, -0.15) is 0 Å². The SMILES string of the molecule is CC1(C)Cc2c(sc3ncn4nc(CO/N=C\c5ccccc5)nc4c23)C(C)(C)N1. The van der Waals surface area contributed by atoms with Crippen LogP contribution in [0.2, 0.25) is 0 Å². The van der Waals surface area contributed by atoms with Crippen LogP contribution in [0, 0.1) is 0 Å². The Morgan fingerprint density at radius 1 is 1.23 bits per heavy atom. The monoisotopic (exact) mass is 420 g/mol. The molecule has 0 saturated heterocycles. The van der Waals surface area contributed by atoms with Gasteiger partial charge in [0.1, 0.15) is 11.2 Å². The molecule has 0 saturated carbocycles. The third-order valence-corrected chi connectivity index (χ3v) is 6.74. The maximum atomic E-state index is 5.43. The van der Waals surface area contributed by atoms with Crippen molar-refractivity contribution < 1.29 is 4.84 Å². The molecule has 0 unspecified atom stereocenters. The van der Waals surface area contributed by atoms with Crippen LogP contribution in [0.15, 0.2) is 41.8 Å². The molecule has 8 heteroatoms. The zero-order chi connectivity index (χ0) is 20.9. The summed E-state index contributed by atoms with van der Waals surface area (Å²) in [6.45, 7) is 9.14. The van der Waals surface area contributed by atoms with Crippen LogP contribution >= 0.6 is 11.3 Å². The van der Waals surface area contributed by atoms with Gasteiger partial charge in [0.15, 0.2) is 18.1 Å². The van der Waals surface area contributed by atoms with Gasteiger partial charge >= 0.3 is 0 Å². The van der Waals surface area contributed by atoms with Crippen molar-refractivity contribution >= 4 is 33.4 Å². The van der Waals surface area contributed by atoms with Crippen LogP contribution in [0.25, 0.3) is 15.9 Å². The van der Waals surface area contributed by atoms with Gasteiger partial charge in [0.2, 0.25) is 0 Å². The van der Waals surface area contributed by atoms with Gasteiger partial charge in [-0.3, -0.25) is 0 Å². The van der Waals surface area contributed by atoms with Gasteiger partial charge in [0.05, 0.1) is 11.6 Å². The van der Waals surface area contributed by atoms with Gasteiger partial charge in [-0.1, -0.05) is 35.5 Å². The fourth-order valence-corrected chi connectivity index (χ4v) is 5.57. The predicted molar refractivity (Wildman–Crippen MR) is 119 cm³/mol. The zero-order valence-corrected chi connectivity index (χ0v) is 18.3. The van der Waals surface area contributed by atoms with Gasteiger partial charge in [0, 0.05) is 16.0 Å². The molecule has 4 aromatic rings. The summed E-state index contributed by atoms with van der Waals surface area (Å²) >= 11 is 1.74. The van der Waals surface area contributed by atoms with Crippen molar-refractivity contribution in [3.63, 3.8) is 0 Å². The second-order valence-electron chi connectivity index (χ2n) is 8.86. The number of hydrogen-bond acceptors (Lipinski definition) is 7.